The molecule has 0 unspecified atom stereocenters. The molecule has 1 amide bonds. The average molecular weight is 777 g/mol. The van der Waals surface area contributed by atoms with Crippen molar-refractivity contribution in [3.05, 3.63) is 96.2 Å². The molecule has 3 aromatic heterocycles. The third-order valence-electron chi connectivity index (χ3n) is 11.1. The first kappa shape index (κ1) is 36.1. The van der Waals surface area contributed by atoms with E-state index in [2.05, 4.69) is 26.6 Å². The van der Waals surface area contributed by atoms with Crippen LogP contribution >= 0.6 is 23.2 Å². The highest BCUT2D eigenvalue weighted by molar-refractivity contribution is 6.39. The standard InChI is InChI=1S/C39H37Cl2F2N7O4/c1-48-28-18-26(34(42)43)45-35(31(28)37(52)49(2)38(48)53)44-24-10-5-8-22(33(24)41)21-7-4-9-23(32(21)40)25-17-20-12-13-27(30(20)36(46-25)54-3)50-16-15-39(19-50)14-6-11-29(51)47-39/h4-5,7-10,17-18,27,34H,6,11-16,19H2,1-3H3,(H,44,45)(H,47,51)/t27-,39-/m1/s1. The number of carbonyl (C=O) groups excluding carboxylic acids is 1. The number of alkyl halides is 2. The minimum atomic E-state index is -2.96. The van der Waals surface area contributed by atoms with E-state index >= 15 is 0 Å². The molecule has 2 aromatic carbocycles. The first-order valence-corrected chi connectivity index (χ1v) is 18.5. The Balaban J connectivity index is 1.14. The number of rotatable bonds is 7. The Labute approximate surface area is 318 Å². The molecular weight excluding hydrogens is 739 g/mol. The number of ether oxygens (including phenoxy) is 1. The number of halogens is 4. The number of hydrogen-bond donors (Lipinski definition) is 2. The van der Waals surface area contributed by atoms with Gasteiger partial charge in [-0.15, -0.1) is 0 Å². The molecule has 2 aliphatic heterocycles. The van der Waals surface area contributed by atoms with Crippen LogP contribution in [0.25, 0.3) is 33.3 Å². The fraction of sp³-hybridized carbons (Fsp3) is 0.359. The molecular formula is C39H37Cl2F2N7O4. The summed E-state index contributed by atoms with van der Waals surface area (Å²) in [5.41, 5.74) is 2.79. The lowest BCUT2D eigenvalue weighted by Crippen LogP contribution is -2.53. The van der Waals surface area contributed by atoms with Crippen molar-refractivity contribution >= 4 is 51.5 Å². The second kappa shape index (κ2) is 13.8. The van der Waals surface area contributed by atoms with E-state index in [1.807, 2.05) is 18.2 Å². The van der Waals surface area contributed by atoms with E-state index in [1.165, 1.54) is 14.1 Å². The average Bonchev–Trinajstić information content (AvgIpc) is 3.77. The molecule has 2 atom stereocenters. The second-order valence-corrected chi connectivity index (χ2v) is 15.1. The summed E-state index contributed by atoms with van der Waals surface area (Å²) in [5, 5.41) is 6.82. The van der Waals surface area contributed by atoms with Gasteiger partial charge in [0.25, 0.3) is 12.0 Å². The highest BCUT2D eigenvalue weighted by atomic mass is 35.5. The van der Waals surface area contributed by atoms with Crippen molar-refractivity contribution in [1.29, 1.82) is 0 Å². The van der Waals surface area contributed by atoms with Gasteiger partial charge in [0, 0.05) is 61.9 Å². The number of aromatic nitrogens is 4. The molecule has 5 heterocycles. The van der Waals surface area contributed by atoms with Gasteiger partial charge in [0.2, 0.25) is 11.8 Å². The number of pyridine rings is 2. The summed E-state index contributed by atoms with van der Waals surface area (Å²) >= 11 is 14.2. The molecule has 0 saturated carbocycles. The predicted octanol–water partition coefficient (Wildman–Crippen LogP) is 7.09. The van der Waals surface area contributed by atoms with Crippen molar-refractivity contribution in [1.82, 2.24) is 29.3 Å². The fourth-order valence-electron chi connectivity index (χ4n) is 8.44. The van der Waals surface area contributed by atoms with Crippen molar-refractivity contribution in [2.45, 2.75) is 56.5 Å². The largest absolute Gasteiger partial charge is 0.481 e. The Morgan fingerprint density at radius 1 is 0.963 bits per heavy atom. The van der Waals surface area contributed by atoms with Crippen LogP contribution in [0.5, 0.6) is 5.88 Å². The number of amides is 1. The number of benzene rings is 2. The Kier molecular flexibility index (Phi) is 9.22. The van der Waals surface area contributed by atoms with E-state index in [4.69, 9.17) is 32.9 Å². The van der Waals surface area contributed by atoms with E-state index in [1.54, 1.807) is 25.3 Å². The van der Waals surface area contributed by atoms with Crippen molar-refractivity contribution in [2.75, 3.05) is 25.5 Å². The Morgan fingerprint density at radius 3 is 2.44 bits per heavy atom. The normalized spacial score (nSPS) is 19.9. The van der Waals surface area contributed by atoms with E-state index in [0.29, 0.717) is 39.7 Å². The summed E-state index contributed by atoms with van der Waals surface area (Å²) in [6.07, 6.45) is 2.20. The number of likely N-dealkylation sites (tertiary alicyclic amines) is 1. The van der Waals surface area contributed by atoms with Crippen LogP contribution in [0.3, 0.4) is 0 Å². The molecule has 8 rings (SSSR count). The number of aryl methyl sites for hydroxylation is 2. The van der Waals surface area contributed by atoms with Crippen molar-refractivity contribution in [2.24, 2.45) is 14.1 Å². The minimum absolute atomic E-state index is 0.00424. The molecule has 2 fully saturated rings. The summed E-state index contributed by atoms with van der Waals surface area (Å²) in [5.74, 6) is 0.505. The highest BCUT2D eigenvalue weighted by Crippen LogP contribution is 2.47. The van der Waals surface area contributed by atoms with Gasteiger partial charge in [-0.3, -0.25) is 23.6 Å². The number of methoxy groups -OCH3 is 1. The van der Waals surface area contributed by atoms with Crippen molar-refractivity contribution < 1.29 is 18.3 Å². The number of nitrogens with zero attached hydrogens (tertiary/aromatic N) is 5. The van der Waals surface area contributed by atoms with Crippen LogP contribution in [-0.4, -0.2) is 55.6 Å². The molecule has 11 nitrogen and oxygen atoms in total. The van der Waals surface area contributed by atoms with Gasteiger partial charge in [-0.2, -0.15) is 0 Å². The van der Waals surface area contributed by atoms with Crippen LogP contribution in [0, 0.1) is 0 Å². The van der Waals surface area contributed by atoms with Gasteiger partial charge in [0.05, 0.1) is 39.6 Å². The molecule has 2 saturated heterocycles. The molecule has 15 heteroatoms. The van der Waals surface area contributed by atoms with Gasteiger partial charge in [-0.1, -0.05) is 53.5 Å². The molecule has 0 bridgehead atoms. The van der Waals surface area contributed by atoms with Crippen LogP contribution in [0.1, 0.15) is 61.4 Å². The maximum absolute atomic E-state index is 14.0. The third-order valence-corrected chi connectivity index (χ3v) is 11.9. The zero-order valence-corrected chi connectivity index (χ0v) is 31.3. The van der Waals surface area contributed by atoms with E-state index in [-0.39, 0.29) is 44.9 Å². The third kappa shape index (κ3) is 6.02. The predicted molar refractivity (Wildman–Crippen MR) is 204 cm³/mol. The lowest BCUT2D eigenvalue weighted by molar-refractivity contribution is -0.125. The van der Waals surface area contributed by atoms with E-state index in [0.717, 1.165) is 71.5 Å². The molecule has 280 valence electrons. The number of nitrogens with one attached hydrogen (secondary N) is 2. The van der Waals surface area contributed by atoms with Crippen LogP contribution in [0.2, 0.25) is 10.0 Å². The smallest absolute Gasteiger partial charge is 0.330 e. The summed E-state index contributed by atoms with van der Waals surface area (Å²) in [7, 11) is 4.33. The lowest BCUT2D eigenvalue weighted by Gasteiger charge is -2.35. The monoisotopic (exact) mass is 775 g/mol. The maximum Gasteiger partial charge on any atom is 0.330 e. The molecule has 2 N–H and O–H groups in total. The molecule has 1 spiro atoms. The van der Waals surface area contributed by atoms with Crippen LogP contribution in [-0.2, 0) is 25.3 Å². The molecule has 5 aromatic rings. The summed E-state index contributed by atoms with van der Waals surface area (Å²) in [6, 6.07) is 13.9. The van der Waals surface area contributed by atoms with Gasteiger partial charge in [-0.05, 0) is 55.9 Å². The van der Waals surface area contributed by atoms with Crippen LogP contribution in [0.4, 0.5) is 20.3 Å². The Morgan fingerprint density at radius 2 is 1.70 bits per heavy atom. The topological polar surface area (TPSA) is 123 Å². The second-order valence-electron chi connectivity index (χ2n) is 14.3. The Hall–Kier alpha value is -4.85. The van der Waals surface area contributed by atoms with Crippen LogP contribution < -0.4 is 26.6 Å². The summed E-state index contributed by atoms with van der Waals surface area (Å²) < 4.78 is 35.9. The maximum atomic E-state index is 14.0. The number of anilines is 2. The van der Waals surface area contributed by atoms with Crippen molar-refractivity contribution in [3.8, 4) is 28.3 Å². The van der Waals surface area contributed by atoms with Gasteiger partial charge in [-0.25, -0.2) is 23.5 Å². The Bertz CT molecular complexity index is 2490. The molecule has 0 radical (unpaired) electrons. The quantitative estimate of drug-likeness (QED) is 0.180. The number of hydrogen-bond acceptors (Lipinski definition) is 8. The molecule has 54 heavy (non-hydrogen) atoms. The highest BCUT2D eigenvalue weighted by Gasteiger charge is 2.45. The van der Waals surface area contributed by atoms with Gasteiger partial charge in [0.15, 0.2) is 0 Å². The SMILES string of the molecule is COc1nc(-c2cccc(-c3cccc(Nc4nc(C(F)F)cc5c4c(=O)n(C)c(=O)n5C)c3Cl)c2Cl)cc2c1[C@H](N1CC[C@]3(CCCC(=O)N3)C1)CC2. The summed E-state index contributed by atoms with van der Waals surface area (Å²) in [4.78, 5) is 49.7. The van der Waals surface area contributed by atoms with Gasteiger partial charge < -0.3 is 15.4 Å². The van der Waals surface area contributed by atoms with E-state index in [9.17, 15) is 23.2 Å². The molecule has 1 aliphatic carbocycles. The minimum Gasteiger partial charge on any atom is -0.481 e. The van der Waals surface area contributed by atoms with E-state index < -0.39 is 23.4 Å². The number of fused-ring (bicyclic) bond motifs is 2. The van der Waals surface area contributed by atoms with Gasteiger partial charge >= 0.3 is 5.69 Å². The first-order valence-electron chi connectivity index (χ1n) is 17.8. The lowest BCUT2D eigenvalue weighted by atomic mass is 9.88. The number of carbonyl (C=O) groups is 1. The number of piperidine rings is 1. The fourth-order valence-corrected chi connectivity index (χ4v) is 9.04. The van der Waals surface area contributed by atoms with Crippen molar-refractivity contribution in [3.63, 3.8) is 0 Å². The zero-order chi connectivity index (χ0) is 38.1. The summed E-state index contributed by atoms with van der Waals surface area (Å²) in [6.45, 7) is 1.69. The molecule has 3 aliphatic rings. The van der Waals surface area contributed by atoms with Crippen LogP contribution in [0.15, 0.2) is 58.1 Å². The zero-order valence-electron chi connectivity index (χ0n) is 29.8. The first-order chi connectivity index (χ1) is 25.9. The van der Waals surface area contributed by atoms with Gasteiger partial charge in [0.1, 0.15) is 16.9 Å².